The second-order valence-electron chi connectivity index (χ2n) is 5.62. The van der Waals surface area contributed by atoms with Crippen molar-refractivity contribution >= 4 is 6.03 Å². The van der Waals surface area contributed by atoms with E-state index in [4.69, 9.17) is 9.47 Å². The number of ether oxygens (including phenoxy) is 2. The summed E-state index contributed by atoms with van der Waals surface area (Å²) in [5, 5.41) is 5.37. The first-order chi connectivity index (χ1) is 12.5. The topological polar surface area (TPSA) is 59.6 Å². The summed E-state index contributed by atoms with van der Waals surface area (Å²) in [6, 6.07) is 14.0. The summed E-state index contributed by atoms with van der Waals surface area (Å²) in [6.45, 7) is 2.32. The highest BCUT2D eigenvalue weighted by molar-refractivity contribution is 5.73. The van der Waals surface area contributed by atoms with Crippen molar-refractivity contribution in [1.82, 2.24) is 10.6 Å². The van der Waals surface area contributed by atoms with Gasteiger partial charge in [-0.15, -0.1) is 0 Å². The minimum atomic E-state index is -2.52. The van der Waals surface area contributed by atoms with E-state index in [0.29, 0.717) is 18.9 Å². The third kappa shape index (κ3) is 7.38. The van der Waals surface area contributed by atoms with E-state index in [2.05, 4.69) is 10.6 Å². The molecule has 0 aliphatic rings. The first kappa shape index (κ1) is 19.5. The number of rotatable bonds is 9. The maximum Gasteiger partial charge on any atom is 0.315 e. The van der Waals surface area contributed by atoms with Gasteiger partial charge in [-0.1, -0.05) is 29.8 Å². The molecule has 0 bridgehead atoms. The van der Waals surface area contributed by atoms with Crippen molar-refractivity contribution in [2.45, 2.75) is 19.9 Å². The summed E-state index contributed by atoms with van der Waals surface area (Å²) < 4.78 is 34.8. The van der Waals surface area contributed by atoms with Crippen molar-refractivity contribution in [3.8, 4) is 11.5 Å². The van der Waals surface area contributed by atoms with Gasteiger partial charge < -0.3 is 20.1 Å². The van der Waals surface area contributed by atoms with Crippen LogP contribution < -0.4 is 20.1 Å². The maximum atomic E-state index is 12.1. The molecule has 0 atom stereocenters. The Morgan fingerprint density at radius 3 is 2.54 bits per heavy atom. The molecule has 0 heterocycles. The molecule has 140 valence electrons. The molecular weight excluding hydrogens is 342 g/mol. The predicted molar refractivity (Wildman–Crippen MR) is 94.9 cm³/mol. The molecule has 2 amide bonds. The average molecular weight is 364 g/mol. The van der Waals surface area contributed by atoms with Crippen LogP contribution in [-0.4, -0.2) is 32.2 Å². The standard InChI is InChI=1S/C19H22F2N2O3/c1-14-5-7-16(8-6-14)25-10-9-22-19(24)23-12-15-3-2-4-17(11-15)26-13-18(20)21/h2-8,11,18H,9-10,12-13H2,1H3,(H2,22,23,24). The summed E-state index contributed by atoms with van der Waals surface area (Å²) in [7, 11) is 0. The van der Waals surface area contributed by atoms with Crippen molar-refractivity contribution in [1.29, 1.82) is 0 Å². The third-order valence-corrected chi connectivity index (χ3v) is 3.40. The van der Waals surface area contributed by atoms with Gasteiger partial charge in [0.2, 0.25) is 0 Å². The fraction of sp³-hybridized carbons (Fsp3) is 0.316. The molecule has 0 saturated carbocycles. The van der Waals surface area contributed by atoms with Gasteiger partial charge in [-0.25, -0.2) is 13.6 Å². The Morgan fingerprint density at radius 1 is 1.04 bits per heavy atom. The van der Waals surface area contributed by atoms with Crippen LogP contribution in [0.25, 0.3) is 0 Å². The number of nitrogens with one attached hydrogen (secondary N) is 2. The Kier molecular flexibility index (Phi) is 7.67. The summed E-state index contributed by atoms with van der Waals surface area (Å²) in [4.78, 5) is 11.8. The Balaban J connectivity index is 1.65. The molecule has 0 spiro atoms. The van der Waals surface area contributed by atoms with Crippen LogP contribution in [-0.2, 0) is 6.54 Å². The van der Waals surface area contributed by atoms with Crippen LogP contribution in [0.15, 0.2) is 48.5 Å². The van der Waals surface area contributed by atoms with Crippen LogP contribution in [0.1, 0.15) is 11.1 Å². The summed E-state index contributed by atoms with van der Waals surface area (Å²) in [6.07, 6.45) is -2.52. The van der Waals surface area contributed by atoms with Crippen molar-refractivity contribution in [3.05, 3.63) is 59.7 Å². The van der Waals surface area contributed by atoms with Crippen LogP contribution >= 0.6 is 0 Å². The first-order valence-electron chi connectivity index (χ1n) is 8.24. The number of benzene rings is 2. The monoisotopic (exact) mass is 364 g/mol. The van der Waals surface area contributed by atoms with Crippen LogP contribution in [0.5, 0.6) is 11.5 Å². The van der Waals surface area contributed by atoms with E-state index < -0.39 is 13.0 Å². The first-order valence-corrected chi connectivity index (χ1v) is 8.24. The van der Waals surface area contributed by atoms with Crippen LogP contribution in [0.3, 0.4) is 0 Å². The quantitative estimate of drug-likeness (QED) is 0.670. The number of hydrogen-bond acceptors (Lipinski definition) is 3. The van der Waals surface area contributed by atoms with Crippen LogP contribution in [0.4, 0.5) is 13.6 Å². The highest BCUT2D eigenvalue weighted by Crippen LogP contribution is 2.14. The lowest BCUT2D eigenvalue weighted by atomic mass is 10.2. The van der Waals surface area contributed by atoms with Crippen molar-refractivity contribution in [2.24, 2.45) is 0 Å². The number of alkyl halides is 2. The molecule has 2 aromatic rings. The zero-order chi connectivity index (χ0) is 18.8. The SMILES string of the molecule is Cc1ccc(OCCNC(=O)NCc2cccc(OCC(F)F)c2)cc1. The van der Waals surface area contributed by atoms with E-state index in [1.165, 1.54) is 0 Å². The van der Waals surface area contributed by atoms with E-state index in [1.807, 2.05) is 31.2 Å². The molecule has 2 N–H and O–H groups in total. The normalized spacial score (nSPS) is 10.5. The van der Waals surface area contributed by atoms with Crippen LogP contribution in [0.2, 0.25) is 0 Å². The fourth-order valence-corrected chi connectivity index (χ4v) is 2.12. The average Bonchev–Trinajstić information content (AvgIpc) is 2.64. The van der Waals surface area contributed by atoms with Gasteiger partial charge in [-0.2, -0.15) is 0 Å². The van der Waals surface area contributed by atoms with Gasteiger partial charge in [0.1, 0.15) is 24.7 Å². The van der Waals surface area contributed by atoms with Gasteiger partial charge >= 0.3 is 6.03 Å². The molecule has 2 aromatic carbocycles. The predicted octanol–water partition coefficient (Wildman–Crippen LogP) is 3.52. The number of hydrogen-bond donors (Lipinski definition) is 2. The molecule has 26 heavy (non-hydrogen) atoms. The molecule has 0 aliphatic carbocycles. The molecule has 0 unspecified atom stereocenters. The van der Waals surface area contributed by atoms with Crippen LogP contribution in [0, 0.1) is 6.92 Å². The zero-order valence-corrected chi connectivity index (χ0v) is 14.5. The molecule has 7 heteroatoms. The van der Waals surface area contributed by atoms with Gasteiger partial charge in [-0.05, 0) is 36.8 Å². The summed E-state index contributed by atoms with van der Waals surface area (Å²) in [5.41, 5.74) is 1.90. The Labute approximate surface area is 151 Å². The Bertz CT molecular complexity index is 693. The lowest BCUT2D eigenvalue weighted by Gasteiger charge is -2.10. The van der Waals surface area contributed by atoms with E-state index in [9.17, 15) is 13.6 Å². The number of urea groups is 1. The van der Waals surface area contributed by atoms with E-state index >= 15 is 0 Å². The summed E-state index contributed by atoms with van der Waals surface area (Å²) in [5.74, 6) is 1.09. The van der Waals surface area contributed by atoms with Gasteiger partial charge in [0, 0.05) is 6.54 Å². The molecule has 0 saturated heterocycles. The number of carbonyl (C=O) groups excluding carboxylic acids is 1. The molecule has 2 rings (SSSR count). The van der Waals surface area contributed by atoms with E-state index in [1.54, 1.807) is 24.3 Å². The smallest absolute Gasteiger partial charge is 0.315 e. The number of amides is 2. The fourth-order valence-electron chi connectivity index (χ4n) is 2.12. The van der Waals surface area contributed by atoms with Crippen molar-refractivity contribution in [2.75, 3.05) is 19.8 Å². The Morgan fingerprint density at radius 2 is 1.81 bits per heavy atom. The van der Waals surface area contributed by atoms with Crippen molar-refractivity contribution in [3.63, 3.8) is 0 Å². The number of aryl methyl sites for hydroxylation is 1. The van der Waals surface area contributed by atoms with Gasteiger partial charge in [-0.3, -0.25) is 0 Å². The van der Waals surface area contributed by atoms with Gasteiger partial charge in [0.15, 0.2) is 0 Å². The number of halogens is 2. The van der Waals surface area contributed by atoms with Gasteiger partial charge in [0.05, 0.1) is 6.54 Å². The molecule has 5 nitrogen and oxygen atoms in total. The lowest BCUT2D eigenvalue weighted by Crippen LogP contribution is -2.37. The third-order valence-electron chi connectivity index (χ3n) is 3.40. The maximum absolute atomic E-state index is 12.1. The second-order valence-corrected chi connectivity index (χ2v) is 5.62. The second kappa shape index (κ2) is 10.2. The molecule has 0 fully saturated rings. The van der Waals surface area contributed by atoms with E-state index in [-0.39, 0.29) is 12.6 Å². The minimum absolute atomic E-state index is 0.260. The largest absolute Gasteiger partial charge is 0.492 e. The highest BCUT2D eigenvalue weighted by Gasteiger charge is 2.05. The molecule has 0 radical (unpaired) electrons. The zero-order valence-electron chi connectivity index (χ0n) is 14.5. The molecule has 0 aromatic heterocycles. The summed E-state index contributed by atoms with van der Waals surface area (Å²) >= 11 is 0. The Hall–Kier alpha value is -2.83. The lowest BCUT2D eigenvalue weighted by molar-refractivity contribution is 0.0818. The minimum Gasteiger partial charge on any atom is -0.492 e. The van der Waals surface area contributed by atoms with E-state index in [0.717, 1.165) is 16.9 Å². The molecule has 0 aliphatic heterocycles. The molecular formula is C19H22F2N2O3. The number of carbonyl (C=O) groups is 1. The van der Waals surface area contributed by atoms with Gasteiger partial charge in [0.25, 0.3) is 6.43 Å². The van der Waals surface area contributed by atoms with Crippen molar-refractivity contribution < 1.29 is 23.0 Å². The highest BCUT2D eigenvalue weighted by atomic mass is 19.3.